The molecule has 1 heterocycles. The van der Waals surface area contributed by atoms with Crippen LogP contribution in [-0.4, -0.2) is 29.3 Å². The van der Waals surface area contributed by atoms with Gasteiger partial charge >= 0.3 is 0 Å². The molecule has 18 heavy (non-hydrogen) atoms. The average molecular weight is 263 g/mol. The van der Waals surface area contributed by atoms with Gasteiger partial charge in [0.15, 0.2) is 0 Å². The molecule has 1 amide bonds. The molecule has 1 aromatic carbocycles. The minimum atomic E-state index is -0.0116. The van der Waals surface area contributed by atoms with Crippen LogP contribution in [0.5, 0.6) is 0 Å². The number of alkyl halides is 1. The summed E-state index contributed by atoms with van der Waals surface area (Å²) >= 11 is 6.15. The average Bonchev–Trinajstić information content (AvgIpc) is 2.41. The summed E-state index contributed by atoms with van der Waals surface area (Å²) < 4.78 is 0. The maximum absolute atomic E-state index is 12.3. The first kappa shape index (κ1) is 12.9. The Bertz CT molecular complexity index is 495. The van der Waals surface area contributed by atoms with E-state index in [1.54, 1.807) is 24.3 Å². The molecule has 0 spiro atoms. The number of nitriles is 1. The van der Waals surface area contributed by atoms with Crippen molar-refractivity contribution in [3.05, 3.63) is 35.4 Å². The van der Waals surface area contributed by atoms with Crippen molar-refractivity contribution in [1.82, 2.24) is 4.90 Å². The fourth-order valence-corrected chi connectivity index (χ4v) is 2.38. The smallest absolute Gasteiger partial charge is 0.253 e. The Morgan fingerprint density at radius 1 is 1.56 bits per heavy atom. The number of hydrogen-bond donors (Lipinski definition) is 0. The lowest BCUT2D eigenvalue weighted by atomic mass is 9.98. The number of nitrogens with zero attached hydrogens (tertiary/aromatic N) is 2. The van der Waals surface area contributed by atoms with Crippen molar-refractivity contribution in [3.8, 4) is 6.07 Å². The summed E-state index contributed by atoms with van der Waals surface area (Å²) in [6, 6.07) is 8.88. The number of hydrogen-bond acceptors (Lipinski definition) is 2. The highest BCUT2D eigenvalue weighted by molar-refractivity contribution is 6.20. The number of likely N-dealkylation sites (tertiary alicyclic amines) is 1. The maximum atomic E-state index is 12.3. The number of carbonyl (C=O) groups excluding carboxylic acids is 1. The highest BCUT2D eigenvalue weighted by Crippen LogP contribution is 2.23. The molecule has 3 nitrogen and oxygen atoms in total. The van der Waals surface area contributed by atoms with Gasteiger partial charge in [0, 0.05) is 24.0 Å². The van der Waals surface area contributed by atoms with Crippen molar-refractivity contribution in [2.75, 3.05) is 13.1 Å². The molecule has 1 saturated heterocycles. The zero-order valence-corrected chi connectivity index (χ0v) is 11.0. The molecule has 94 valence electrons. The molecule has 1 fully saturated rings. The van der Waals surface area contributed by atoms with E-state index in [1.807, 2.05) is 11.0 Å². The topological polar surface area (TPSA) is 44.1 Å². The van der Waals surface area contributed by atoms with E-state index in [9.17, 15) is 4.79 Å². The summed E-state index contributed by atoms with van der Waals surface area (Å²) in [4.78, 5) is 14.1. The molecule has 0 N–H and O–H groups in total. The Balaban J connectivity index is 2.14. The minimum Gasteiger partial charge on any atom is -0.338 e. The van der Waals surface area contributed by atoms with Gasteiger partial charge in [-0.25, -0.2) is 0 Å². The lowest BCUT2D eigenvalue weighted by molar-refractivity contribution is 0.0687. The second-order valence-electron chi connectivity index (χ2n) is 4.73. The van der Waals surface area contributed by atoms with Gasteiger partial charge in [-0.1, -0.05) is 13.0 Å². The third-order valence-electron chi connectivity index (χ3n) is 3.33. The highest BCUT2D eigenvalue weighted by Gasteiger charge is 2.27. The summed E-state index contributed by atoms with van der Waals surface area (Å²) in [7, 11) is 0. The van der Waals surface area contributed by atoms with Crippen molar-refractivity contribution in [1.29, 1.82) is 5.26 Å². The van der Waals surface area contributed by atoms with E-state index in [-0.39, 0.29) is 11.3 Å². The van der Waals surface area contributed by atoms with Crippen molar-refractivity contribution in [2.24, 2.45) is 5.92 Å². The first-order chi connectivity index (χ1) is 8.61. The van der Waals surface area contributed by atoms with Crippen LogP contribution >= 0.6 is 11.6 Å². The summed E-state index contributed by atoms with van der Waals surface area (Å²) in [6.07, 6.45) is 0.826. The van der Waals surface area contributed by atoms with Gasteiger partial charge in [0.1, 0.15) is 0 Å². The summed E-state index contributed by atoms with van der Waals surface area (Å²) in [5.74, 6) is 0.297. The number of piperidine rings is 1. The fourth-order valence-electron chi connectivity index (χ4n) is 2.21. The number of amides is 1. The van der Waals surface area contributed by atoms with E-state index in [0.29, 0.717) is 30.1 Å². The monoisotopic (exact) mass is 262 g/mol. The van der Waals surface area contributed by atoms with Gasteiger partial charge in [-0.2, -0.15) is 5.26 Å². The Hall–Kier alpha value is -1.53. The van der Waals surface area contributed by atoms with Crippen LogP contribution in [0.4, 0.5) is 0 Å². The van der Waals surface area contributed by atoms with Gasteiger partial charge in [0.25, 0.3) is 5.91 Å². The van der Waals surface area contributed by atoms with Crippen LogP contribution in [0.2, 0.25) is 0 Å². The summed E-state index contributed by atoms with van der Waals surface area (Å²) in [5.41, 5.74) is 1.09. The standard InChI is InChI=1S/C14H15ClN2O/c1-10-9-17(6-5-13(10)15)14(18)12-4-2-3-11(7-12)8-16/h2-4,7,10,13H,5-6,9H2,1H3. The largest absolute Gasteiger partial charge is 0.338 e. The molecule has 0 aromatic heterocycles. The van der Waals surface area contributed by atoms with Crippen LogP contribution in [0.15, 0.2) is 24.3 Å². The second kappa shape index (κ2) is 5.41. The van der Waals surface area contributed by atoms with E-state index < -0.39 is 0 Å². The predicted octanol–water partition coefficient (Wildman–Crippen LogP) is 2.65. The van der Waals surface area contributed by atoms with Gasteiger partial charge in [-0.15, -0.1) is 11.6 Å². The molecule has 0 bridgehead atoms. The Morgan fingerprint density at radius 3 is 3.00 bits per heavy atom. The molecular weight excluding hydrogens is 248 g/mol. The van der Waals surface area contributed by atoms with Crippen molar-refractivity contribution in [2.45, 2.75) is 18.7 Å². The lowest BCUT2D eigenvalue weighted by Crippen LogP contribution is -2.43. The van der Waals surface area contributed by atoms with Gasteiger partial charge in [0.05, 0.1) is 11.6 Å². The molecule has 1 aliphatic heterocycles. The third kappa shape index (κ3) is 2.65. The van der Waals surface area contributed by atoms with Gasteiger partial charge in [-0.05, 0) is 30.5 Å². The first-order valence-corrected chi connectivity index (χ1v) is 6.49. The van der Waals surface area contributed by atoms with Crippen molar-refractivity contribution >= 4 is 17.5 Å². The van der Waals surface area contributed by atoms with Crippen molar-refractivity contribution < 1.29 is 4.79 Å². The molecule has 0 saturated carbocycles. The van der Waals surface area contributed by atoms with Crippen LogP contribution < -0.4 is 0 Å². The molecule has 0 radical (unpaired) electrons. The molecule has 1 aliphatic rings. The Labute approximate surface area is 112 Å². The van der Waals surface area contributed by atoms with E-state index in [2.05, 4.69) is 6.92 Å². The zero-order chi connectivity index (χ0) is 13.1. The van der Waals surface area contributed by atoms with Crippen LogP contribution in [0.3, 0.4) is 0 Å². The molecule has 2 unspecified atom stereocenters. The van der Waals surface area contributed by atoms with E-state index in [0.717, 1.165) is 6.42 Å². The van der Waals surface area contributed by atoms with E-state index in [4.69, 9.17) is 16.9 Å². The molecule has 2 atom stereocenters. The normalized spacial score (nSPS) is 23.5. The number of benzene rings is 1. The molecule has 1 aromatic rings. The zero-order valence-electron chi connectivity index (χ0n) is 10.3. The number of rotatable bonds is 1. The molecule has 2 rings (SSSR count). The van der Waals surface area contributed by atoms with Gasteiger partial charge < -0.3 is 4.90 Å². The van der Waals surface area contributed by atoms with Crippen LogP contribution in [0.25, 0.3) is 0 Å². The van der Waals surface area contributed by atoms with Gasteiger partial charge in [-0.3, -0.25) is 4.79 Å². The van der Waals surface area contributed by atoms with E-state index in [1.165, 1.54) is 0 Å². The number of halogens is 1. The van der Waals surface area contributed by atoms with Crippen LogP contribution in [-0.2, 0) is 0 Å². The second-order valence-corrected chi connectivity index (χ2v) is 5.29. The minimum absolute atomic E-state index is 0.0116. The highest BCUT2D eigenvalue weighted by atomic mass is 35.5. The fraction of sp³-hybridized carbons (Fsp3) is 0.429. The molecular formula is C14H15ClN2O. The summed E-state index contributed by atoms with van der Waals surface area (Å²) in [6.45, 7) is 3.43. The first-order valence-electron chi connectivity index (χ1n) is 6.05. The quantitative estimate of drug-likeness (QED) is 0.731. The lowest BCUT2D eigenvalue weighted by Gasteiger charge is -2.34. The summed E-state index contributed by atoms with van der Waals surface area (Å²) in [5, 5.41) is 8.99. The van der Waals surface area contributed by atoms with E-state index >= 15 is 0 Å². The SMILES string of the molecule is CC1CN(C(=O)c2cccc(C#N)c2)CCC1Cl. The van der Waals surface area contributed by atoms with Gasteiger partial charge in [0.2, 0.25) is 0 Å². The third-order valence-corrected chi connectivity index (χ3v) is 3.97. The Morgan fingerprint density at radius 2 is 2.33 bits per heavy atom. The number of carbonyl (C=O) groups is 1. The molecule has 4 heteroatoms. The van der Waals surface area contributed by atoms with Crippen molar-refractivity contribution in [3.63, 3.8) is 0 Å². The molecule has 0 aliphatic carbocycles. The maximum Gasteiger partial charge on any atom is 0.253 e. The van der Waals surface area contributed by atoms with Crippen LogP contribution in [0.1, 0.15) is 29.3 Å². The van der Waals surface area contributed by atoms with Crippen LogP contribution in [0, 0.1) is 17.2 Å². The Kier molecular flexibility index (Phi) is 3.88. The predicted molar refractivity (Wildman–Crippen MR) is 70.5 cm³/mol.